The van der Waals surface area contributed by atoms with Crippen LogP contribution in [0.3, 0.4) is 0 Å². The Balaban J connectivity index is 2.08. The van der Waals surface area contributed by atoms with Crippen molar-refractivity contribution in [2.24, 2.45) is 0 Å². The molecule has 1 fully saturated rings. The van der Waals surface area contributed by atoms with Crippen LogP contribution in [0, 0.1) is 6.92 Å². The highest BCUT2D eigenvalue weighted by atomic mass is 16.6. The Bertz CT molecular complexity index is 603. The molecule has 0 bridgehead atoms. The Morgan fingerprint density at radius 2 is 2.08 bits per heavy atom. The number of rotatable bonds is 3. The van der Waals surface area contributed by atoms with Gasteiger partial charge in [-0.25, -0.2) is 9.59 Å². The average Bonchev–Trinajstić information content (AvgIpc) is 2.88. The van der Waals surface area contributed by atoms with E-state index in [4.69, 9.17) is 9.47 Å². The number of carbonyl (C=O) groups excluding carboxylic acids is 2. The zero-order valence-corrected chi connectivity index (χ0v) is 15.2. The van der Waals surface area contributed by atoms with Gasteiger partial charge in [-0.2, -0.15) is 5.10 Å². The maximum absolute atomic E-state index is 12.3. The Morgan fingerprint density at radius 1 is 1.38 bits per heavy atom. The summed E-state index contributed by atoms with van der Waals surface area (Å²) in [6, 6.07) is 0.0353. The first kappa shape index (κ1) is 18.3. The number of likely N-dealkylation sites (tertiary alicyclic amines) is 1. The fraction of sp³-hybridized carbons (Fsp3) is 0.706. The Labute approximate surface area is 142 Å². The van der Waals surface area contributed by atoms with Gasteiger partial charge < -0.3 is 14.4 Å². The number of esters is 1. The molecular formula is C17H27N3O4. The van der Waals surface area contributed by atoms with Gasteiger partial charge in [0, 0.05) is 19.3 Å². The zero-order chi connectivity index (χ0) is 17.9. The summed E-state index contributed by atoms with van der Waals surface area (Å²) in [4.78, 5) is 25.9. The van der Waals surface area contributed by atoms with E-state index in [1.165, 1.54) is 0 Å². The third-order valence-electron chi connectivity index (χ3n) is 3.83. The molecule has 1 saturated heterocycles. The van der Waals surface area contributed by atoms with Crippen LogP contribution in [0.2, 0.25) is 0 Å². The summed E-state index contributed by atoms with van der Waals surface area (Å²) in [6.07, 6.45) is 3.19. The second-order valence-electron chi connectivity index (χ2n) is 7.05. The molecule has 1 aromatic heterocycles. The van der Waals surface area contributed by atoms with E-state index in [0.717, 1.165) is 12.8 Å². The largest absolute Gasteiger partial charge is 0.462 e. The van der Waals surface area contributed by atoms with Gasteiger partial charge in [0.25, 0.3) is 0 Å². The normalized spacial score (nSPS) is 18.4. The van der Waals surface area contributed by atoms with Gasteiger partial charge in [0.2, 0.25) is 0 Å². The van der Waals surface area contributed by atoms with Crippen LogP contribution in [-0.4, -0.2) is 52.0 Å². The lowest BCUT2D eigenvalue weighted by molar-refractivity contribution is 0.0166. The Morgan fingerprint density at radius 3 is 2.71 bits per heavy atom. The maximum atomic E-state index is 12.3. The molecule has 0 radical (unpaired) electrons. The molecule has 0 aromatic carbocycles. The van der Waals surface area contributed by atoms with Crippen molar-refractivity contribution in [2.45, 2.75) is 59.1 Å². The lowest BCUT2D eigenvalue weighted by atomic mass is 10.1. The molecule has 134 valence electrons. The van der Waals surface area contributed by atoms with Crippen LogP contribution < -0.4 is 0 Å². The van der Waals surface area contributed by atoms with Crippen LogP contribution in [0.4, 0.5) is 4.79 Å². The van der Waals surface area contributed by atoms with Gasteiger partial charge in [-0.1, -0.05) is 0 Å². The predicted molar refractivity (Wildman–Crippen MR) is 89.0 cm³/mol. The van der Waals surface area contributed by atoms with E-state index < -0.39 is 5.60 Å². The third kappa shape index (κ3) is 4.49. The van der Waals surface area contributed by atoms with Gasteiger partial charge in [-0.15, -0.1) is 0 Å². The van der Waals surface area contributed by atoms with Crippen molar-refractivity contribution in [1.29, 1.82) is 0 Å². The van der Waals surface area contributed by atoms with Gasteiger partial charge in [0.15, 0.2) is 0 Å². The number of nitrogens with zero attached hydrogens (tertiary/aromatic N) is 3. The quantitative estimate of drug-likeness (QED) is 0.793. The van der Waals surface area contributed by atoms with Gasteiger partial charge in [0.05, 0.1) is 18.3 Å². The number of aryl methyl sites for hydroxylation is 1. The summed E-state index contributed by atoms with van der Waals surface area (Å²) < 4.78 is 12.3. The van der Waals surface area contributed by atoms with Crippen LogP contribution in [0.1, 0.15) is 62.6 Å². The summed E-state index contributed by atoms with van der Waals surface area (Å²) in [7, 11) is 0. The fourth-order valence-electron chi connectivity index (χ4n) is 2.74. The van der Waals surface area contributed by atoms with Gasteiger partial charge in [-0.05, 0) is 47.5 Å². The first-order valence-electron chi connectivity index (χ1n) is 8.42. The molecule has 7 heteroatoms. The van der Waals surface area contributed by atoms with E-state index in [-0.39, 0.29) is 18.1 Å². The fourth-order valence-corrected chi connectivity index (χ4v) is 2.74. The molecule has 1 unspecified atom stereocenters. The molecule has 1 atom stereocenters. The maximum Gasteiger partial charge on any atom is 0.410 e. The average molecular weight is 337 g/mol. The highest BCUT2D eigenvalue weighted by Gasteiger charge is 2.29. The van der Waals surface area contributed by atoms with E-state index in [1.54, 1.807) is 29.6 Å². The monoisotopic (exact) mass is 337 g/mol. The molecule has 0 saturated carbocycles. The molecule has 0 aliphatic carbocycles. The summed E-state index contributed by atoms with van der Waals surface area (Å²) in [5.74, 6) is -0.360. The van der Waals surface area contributed by atoms with E-state index >= 15 is 0 Å². The summed E-state index contributed by atoms with van der Waals surface area (Å²) in [5, 5.41) is 4.44. The highest BCUT2D eigenvalue weighted by Crippen LogP contribution is 2.24. The number of aromatic nitrogens is 2. The van der Waals surface area contributed by atoms with E-state index in [0.29, 0.717) is 31.0 Å². The van der Waals surface area contributed by atoms with Crippen LogP contribution in [-0.2, 0) is 9.47 Å². The second-order valence-corrected chi connectivity index (χ2v) is 7.05. The number of hydrogen-bond donors (Lipinski definition) is 0. The standard InChI is InChI=1S/C17H27N3O4/c1-6-23-15(21)14-11-20(18-12(14)2)13-8-7-9-19(10-13)16(22)24-17(3,4)5/h11,13H,6-10H2,1-5H3. The zero-order valence-electron chi connectivity index (χ0n) is 15.2. The minimum atomic E-state index is -0.511. The molecule has 0 N–H and O–H groups in total. The number of ether oxygens (including phenoxy) is 2. The van der Waals surface area contributed by atoms with Gasteiger partial charge >= 0.3 is 12.1 Å². The van der Waals surface area contributed by atoms with Crippen LogP contribution >= 0.6 is 0 Å². The number of piperidine rings is 1. The van der Waals surface area contributed by atoms with Crippen molar-refractivity contribution in [2.75, 3.05) is 19.7 Å². The van der Waals surface area contributed by atoms with Crippen LogP contribution in [0.25, 0.3) is 0 Å². The molecule has 2 heterocycles. The summed E-state index contributed by atoms with van der Waals surface area (Å²) in [5.41, 5.74) is 0.609. The molecule has 1 aliphatic rings. The van der Waals surface area contributed by atoms with Gasteiger partial charge in [-0.3, -0.25) is 4.68 Å². The number of hydrogen-bond acceptors (Lipinski definition) is 5. The Kier molecular flexibility index (Phi) is 5.51. The van der Waals surface area contributed by atoms with Crippen molar-refractivity contribution < 1.29 is 19.1 Å². The molecule has 1 aromatic rings. The lowest BCUT2D eigenvalue weighted by Crippen LogP contribution is -2.43. The number of carbonyl (C=O) groups is 2. The van der Waals surface area contributed by atoms with Gasteiger partial charge in [0.1, 0.15) is 11.2 Å². The minimum absolute atomic E-state index is 0.0353. The molecule has 1 amide bonds. The third-order valence-corrected chi connectivity index (χ3v) is 3.83. The van der Waals surface area contributed by atoms with Crippen molar-refractivity contribution in [3.63, 3.8) is 0 Å². The first-order chi connectivity index (χ1) is 11.2. The Hall–Kier alpha value is -2.05. The van der Waals surface area contributed by atoms with Crippen molar-refractivity contribution in [3.05, 3.63) is 17.5 Å². The molecule has 1 aliphatic heterocycles. The molecule has 24 heavy (non-hydrogen) atoms. The predicted octanol–water partition coefficient (Wildman–Crippen LogP) is 2.94. The molecule has 0 spiro atoms. The topological polar surface area (TPSA) is 73.7 Å². The second kappa shape index (κ2) is 7.23. The smallest absolute Gasteiger partial charge is 0.410 e. The van der Waals surface area contributed by atoms with Crippen LogP contribution in [0.5, 0.6) is 0 Å². The van der Waals surface area contributed by atoms with Crippen molar-refractivity contribution in [1.82, 2.24) is 14.7 Å². The van der Waals surface area contributed by atoms with E-state index in [2.05, 4.69) is 5.10 Å². The molecule has 7 nitrogen and oxygen atoms in total. The van der Waals surface area contributed by atoms with E-state index in [9.17, 15) is 9.59 Å². The lowest BCUT2D eigenvalue weighted by Gasteiger charge is -2.34. The van der Waals surface area contributed by atoms with Crippen molar-refractivity contribution in [3.8, 4) is 0 Å². The van der Waals surface area contributed by atoms with Crippen LogP contribution in [0.15, 0.2) is 6.20 Å². The first-order valence-corrected chi connectivity index (χ1v) is 8.42. The highest BCUT2D eigenvalue weighted by molar-refractivity contribution is 5.90. The molecular weight excluding hydrogens is 310 g/mol. The minimum Gasteiger partial charge on any atom is -0.462 e. The SMILES string of the molecule is CCOC(=O)c1cn(C2CCCN(C(=O)OC(C)(C)C)C2)nc1C. The summed E-state index contributed by atoms with van der Waals surface area (Å²) in [6.45, 7) is 10.7. The number of amides is 1. The molecule has 2 rings (SSSR count). The van der Waals surface area contributed by atoms with E-state index in [1.807, 2.05) is 20.8 Å². The summed E-state index contributed by atoms with van der Waals surface area (Å²) >= 11 is 0. The van der Waals surface area contributed by atoms with Crippen molar-refractivity contribution >= 4 is 12.1 Å².